The largest absolute Gasteiger partial charge is 0.268 e. The Labute approximate surface area is 120 Å². The average molecular weight is 272 g/mol. The zero-order chi connectivity index (χ0) is 14.8. The Morgan fingerprint density at radius 3 is 2.76 bits per heavy atom. The van der Waals surface area contributed by atoms with Gasteiger partial charge in [0.2, 0.25) is 0 Å². The highest BCUT2D eigenvalue weighted by atomic mass is 16.2. The normalized spacial score (nSPS) is 10.0. The lowest BCUT2D eigenvalue weighted by Crippen LogP contribution is -2.11. The molecule has 0 amide bonds. The first-order valence-electron chi connectivity index (χ1n) is 6.15. The minimum atomic E-state index is -0.322. The van der Waals surface area contributed by atoms with E-state index in [-0.39, 0.29) is 5.91 Å². The fraction of sp³-hybridized carbons (Fsp3) is 0. The Morgan fingerprint density at radius 2 is 2.00 bits per heavy atom. The van der Waals surface area contributed by atoms with Crippen LogP contribution in [0, 0.1) is 22.7 Å². The lowest BCUT2D eigenvalue weighted by molar-refractivity contribution is 0.0964. The standard InChI is InChI=1S/C16H8N4O/c17-8-11-3-1-4-12(7-11)16(21)20-10-13(9-18)14-5-2-6-19-15(14)20/h1-7,10H. The zero-order valence-corrected chi connectivity index (χ0v) is 10.8. The van der Waals surface area contributed by atoms with Gasteiger partial charge in [-0.2, -0.15) is 10.5 Å². The van der Waals surface area contributed by atoms with Crippen LogP contribution in [0.25, 0.3) is 11.0 Å². The summed E-state index contributed by atoms with van der Waals surface area (Å²) in [6, 6.07) is 13.9. The highest BCUT2D eigenvalue weighted by Gasteiger charge is 2.16. The minimum absolute atomic E-state index is 0.322. The summed E-state index contributed by atoms with van der Waals surface area (Å²) in [6.07, 6.45) is 3.04. The Hall–Kier alpha value is -3.44. The van der Waals surface area contributed by atoms with Crippen molar-refractivity contribution in [2.24, 2.45) is 0 Å². The Kier molecular flexibility index (Phi) is 2.95. The van der Waals surface area contributed by atoms with E-state index in [2.05, 4.69) is 11.1 Å². The minimum Gasteiger partial charge on any atom is -0.268 e. The molecule has 0 saturated carbocycles. The Bertz CT molecular complexity index is 941. The molecule has 0 fully saturated rings. The van der Waals surface area contributed by atoms with Crippen LogP contribution in [0.4, 0.5) is 0 Å². The number of carbonyl (C=O) groups is 1. The predicted molar refractivity (Wildman–Crippen MR) is 75.3 cm³/mol. The molecule has 2 aromatic heterocycles. The maximum absolute atomic E-state index is 12.6. The number of nitriles is 2. The molecule has 0 atom stereocenters. The molecule has 0 spiro atoms. The van der Waals surface area contributed by atoms with Crippen molar-refractivity contribution in [3.05, 3.63) is 65.5 Å². The SMILES string of the molecule is N#Cc1cccc(C(=O)n2cc(C#N)c3cccnc32)c1. The van der Waals surface area contributed by atoms with Crippen LogP contribution in [0.3, 0.4) is 0 Å². The molecule has 0 unspecified atom stereocenters. The van der Waals surface area contributed by atoms with Crippen LogP contribution in [0.5, 0.6) is 0 Å². The molecule has 0 aliphatic carbocycles. The Balaban J connectivity index is 2.19. The number of pyridine rings is 1. The third kappa shape index (κ3) is 2.03. The number of benzene rings is 1. The molecule has 98 valence electrons. The molecule has 0 aliphatic heterocycles. The van der Waals surface area contributed by atoms with E-state index >= 15 is 0 Å². The van der Waals surface area contributed by atoms with E-state index in [9.17, 15) is 4.79 Å². The monoisotopic (exact) mass is 272 g/mol. The van der Waals surface area contributed by atoms with Crippen LogP contribution in [0.15, 0.2) is 48.8 Å². The molecule has 2 heterocycles. The van der Waals surface area contributed by atoms with Crippen molar-refractivity contribution in [1.29, 1.82) is 10.5 Å². The van der Waals surface area contributed by atoms with Gasteiger partial charge in [0, 0.05) is 23.3 Å². The maximum atomic E-state index is 12.6. The van der Waals surface area contributed by atoms with Gasteiger partial charge in [-0.05, 0) is 30.3 Å². The first-order chi connectivity index (χ1) is 10.2. The number of nitrogens with zero attached hydrogens (tertiary/aromatic N) is 4. The second-order valence-corrected chi connectivity index (χ2v) is 4.40. The molecule has 5 nitrogen and oxygen atoms in total. The fourth-order valence-corrected chi connectivity index (χ4v) is 2.16. The van der Waals surface area contributed by atoms with E-state index in [1.807, 2.05) is 6.07 Å². The second-order valence-electron chi connectivity index (χ2n) is 4.40. The molecule has 0 radical (unpaired) electrons. The van der Waals surface area contributed by atoms with Crippen molar-refractivity contribution >= 4 is 16.9 Å². The quantitative estimate of drug-likeness (QED) is 0.681. The van der Waals surface area contributed by atoms with Crippen LogP contribution < -0.4 is 0 Å². The number of hydrogen-bond acceptors (Lipinski definition) is 4. The molecule has 0 N–H and O–H groups in total. The zero-order valence-electron chi connectivity index (χ0n) is 10.8. The van der Waals surface area contributed by atoms with Crippen LogP contribution in [0.2, 0.25) is 0 Å². The summed E-state index contributed by atoms with van der Waals surface area (Å²) in [6.45, 7) is 0. The fourth-order valence-electron chi connectivity index (χ4n) is 2.16. The van der Waals surface area contributed by atoms with Crippen molar-refractivity contribution < 1.29 is 4.79 Å². The van der Waals surface area contributed by atoms with Gasteiger partial charge in [0.15, 0.2) is 0 Å². The maximum Gasteiger partial charge on any atom is 0.263 e. The van der Waals surface area contributed by atoms with Gasteiger partial charge in [-0.1, -0.05) is 6.07 Å². The topological polar surface area (TPSA) is 82.5 Å². The average Bonchev–Trinajstić information content (AvgIpc) is 2.93. The van der Waals surface area contributed by atoms with Crippen molar-refractivity contribution in [1.82, 2.24) is 9.55 Å². The number of aromatic nitrogens is 2. The van der Waals surface area contributed by atoms with E-state index in [4.69, 9.17) is 10.5 Å². The summed E-state index contributed by atoms with van der Waals surface area (Å²) in [5.74, 6) is -0.322. The molecule has 0 aliphatic rings. The smallest absolute Gasteiger partial charge is 0.263 e. The van der Waals surface area contributed by atoms with Crippen molar-refractivity contribution in [3.63, 3.8) is 0 Å². The molecule has 5 heteroatoms. The van der Waals surface area contributed by atoms with Gasteiger partial charge in [-0.3, -0.25) is 9.36 Å². The number of hydrogen-bond donors (Lipinski definition) is 0. The first-order valence-corrected chi connectivity index (χ1v) is 6.15. The van der Waals surface area contributed by atoms with Gasteiger partial charge in [0.05, 0.1) is 17.2 Å². The molecule has 3 rings (SSSR count). The van der Waals surface area contributed by atoms with Crippen LogP contribution in [-0.4, -0.2) is 15.5 Å². The highest BCUT2D eigenvalue weighted by Crippen LogP contribution is 2.20. The van der Waals surface area contributed by atoms with E-state index in [1.54, 1.807) is 36.5 Å². The molecule has 1 aromatic carbocycles. The highest BCUT2D eigenvalue weighted by molar-refractivity contribution is 6.02. The van der Waals surface area contributed by atoms with E-state index < -0.39 is 0 Å². The van der Waals surface area contributed by atoms with Gasteiger partial charge in [0.25, 0.3) is 5.91 Å². The van der Waals surface area contributed by atoms with Gasteiger partial charge < -0.3 is 0 Å². The molecular formula is C16H8N4O. The van der Waals surface area contributed by atoms with Crippen LogP contribution in [0.1, 0.15) is 21.5 Å². The number of rotatable bonds is 1. The molecule has 21 heavy (non-hydrogen) atoms. The lowest BCUT2D eigenvalue weighted by atomic mass is 10.1. The molecular weight excluding hydrogens is 264 g/mol. The van der Waals surface area contributed by atoms with E-state index in [1.165, 1.54) is 16.8 Å². The van der Waals surface area contributed by atoms with Gasteiger partial charge in [0.1, 0.15) is 11.7 Å². The summed E-state index contributed by atoms with van der Waals surface area (Å²) in [5, 5.41) is 18.7. The van der Waals surface area contributed by atoms with Crippen LogP contribution >= 0.6 is 0 Å². The lowest BCUT2D eigenvalue weighted by Gasteiger charge is -2.03. The molecule has 0 saturated heterocycles. The molecule has 3 aromatic rings. The van der Waals surface area contributed by atoms with E-state index in [0.717, 1.165) is 0 Å². The van der Waals surface area contributed by atoms with Crippen LogP contribution in [-0.2, 0) is 0 Å². The Morgan fingerprint density at radius 1 is 1.14 bits per heavy atom. The van der Waals surface area contributed by atoms with Crippen molar-refractivity contribution in [3.8, 4) is 12.1 Å². The molecule has 0 bridgehead atoms. The predicted octanol–water partition coefficient (Wildman–Crippen LogP) is 2.47. The first kappa shape index (κ1) is 12.6. The summed E-state index contributed by atoms with van der Waals surface area (Å²) < 4.78 is 1.34. The van der Waals surface area contributed by atoms with Gasteiger partial charge >= 0.3 is 0 Å². The van der Waals surface area contributed by atoms with Crippen molar-refractivity contribution in [2.45, 2.75) is 0 Å². The van der Waals surface area contributed by atoms with Gasteiger partial charge in [-0.25, -0.2) is 4.98 Å². The van der Waals surface area contributed by atoms with Crippen molar-refractivity contribution in [2.75, 3.05) is 0 Å². The summed E-state index contributed by atoms with van der Waals surface area (Å²) in [5.41, 5.74) is 1.61. The summed E-state index contributed by atoms with van der Waals surface area (Å²) >= 11 is 0. The summed E-state index contributed by atoms with van der Waals surface area (Å²) in [4.78, 5) is 16.7. The second kappa shape index (κ2) is 4.92. The number of fused-ring (bicyclic) bond motifs is 1. The third-order valence-electron chi connectivity index (χ3n) is 3.14. The number of carbonyl (C=O) groups excluding carboxylic acids is 1. The third-order valence-corrected chi connectivity index (χ3v) is 3.14. The summed E-state index contributed by atoms with van der Waals surface area (Å²) in [7, 11) is 0. The van der Waals surface area contributed by atoms with Gasteiger partial charge in [-0.15, -0.1) is 0 Å². The van der Waals surface area contributed by atoms with E-state index in [0.29, 0.717) is 27.7 Å².